The molecular weight excluding hydrogens is 226 g/mol. The molecule has 0 aromatic rings. The average molecular weight is 253 g/mol. The molecule has 0 aromatic heterocycles. The number of nitrogens with one attached hydrogen (secondary N) is 1. The number of hydrogen-bond donors (Lipinski definition) is 1. The van der Waals surface area contributed by atoms with Gasteiger partial charge in [0.25, 0.3) is 0 Å². The summed E-state index contributed by atoms with van der Waals surface area (Å²) in [4.78, 5) is 2.51. The highest BCUT2D eigenvalue weighted by atomic mass is 16.5. The number of rotatable bonds is 7. The lowest BCUT2D eigenvalue weighted by Gasteiger charge is -2.35. The van der Waals surface area contributed by atoms with Crippen molar-refractivity contribution in [1.82, 2.24) is 10.2 Å². The highest BCUT2D eigenvalue weighted by molar-refractivity contribution is 5.03. The quantitative estimate of drug-likeness (QED) is 0.751. The molecule has 1 aliphatic rings. The predicted molar refractivity (Wildman–Crippen MR) is 73.4 cm³/mol. The van der Waals surface area contributed by atoms with Gasteiger partial charge in [0.2, 0.25) is 0 Å². The molecule has 0 aliphatic carbocycles. The van der Waals surface area contributed by atoms with Gasteiger partial charge in [-0.3, -0.25) is 10.2 Å². The molecule has 1 N–H and O–H groups in total. The smallest absolute Gasteiger partial charge is 0.103 e. The van der Waals surface area contributed by atoms with E-state index in [1.807, 2.05) is 13.8 Å². The maximum Gasteiger partial charge on any atom is 0.103 e. The monoisotopic (exact) mass is 253 g/mol. The van der Waals surface area contributed by atoms with Crippen LogP contribution in [0, 0.1) is 11.3 Å². The molecule has 1 aliphatic heterocycles. The van der Waals surface area contributed by atoms with E-state index in [1.54, 1.807) is 0 Å². The van der Waals surface area contributed by atoms with E-state index in [9.17, 15) is 5.26 Å². The van der Waals surface area contributed by atoms with Gasteiger partial charge in [0, 0.05) is 12.6 Å². The number of nitriles is 1. The minimum atomic E-state index is -0.372. The number of morpholine rings is 1. The summed E-state index contributed by atoms with van der Waals surface area (Å²) in [6.45, 7) is 10.9. The van der Waals surface area contributed by atoms with Crippen molar-refractivity contribution in [2.75, 3.05) is 32.8 Å². The van der Waals surface area contributed by atoms with Crippen LogP contribution in [0.5, 0.6) is 0 Å². The van der Waals surface area contributed by atoms with Gasteiger partial charge in [0.1, 0.15) is 5.54 Å². The van der Waals surface area contributed by atoms with Crippen molar-refractivity contribution in [2.24, 2.45) is 0 Å². The van der Waals surface area contributed by atoms with Gasteiger partial charge < -0.3 is 4.74 Å². The summed E-state index contributed by atoms with van der Waals surface area (Å²) in [5.74, 6) is 0. The van der Waals surface area contributed by atoms with E-state index in [0.29, 0.717) is 6.04 Å². The van der Waals surface area contributed by atoms with E-state index in [4.69, 9.17) is 4.74 Å². The maximum atomic E-state index is 9.21. The Hall–Kier alpha value is -0.630. The topological polar surface area (TPSA) is 48.3 Å². The fraction of sp³-hybridized carbons (Fsp3) is 0.929. The first kappa shape index (κ1) is 15.4. The molecule has 104 valence electrons. The zero-order valence-corrected chi connectivity index (χ0v) is 12.0. The number of ether oxygens (including phenoxy) is 1. The molecule has 0 amide bonds. The van der Waals surface area contributed by atoms with Gasteiger partial charge in [-0.15, -0.1) is 0 Å². The molecule has 1 fully saturated rings. The largest absolute Gasteiger partial charge is 0.378 e. The second-order valence-electron chi connectivity index (χ2n) is 5.25. The lowest BCUT2D eigenvalue weighted by Crippen LogP contribution is -2.46. The van der Waals surface area contributed by atoms with Crippen molar-refractivity contribution in [3.8, 4) is 6.07 Å². The third-order valence-electron chi connectivity index (χ3n) is 3.76. The van der Waals surface area contributed by atoms with Gasteiger partial charge in [-0.25, -0.2) is 0 Å². The molecule has 1 saturated heterocycles. The molecule has 2 unspecified atom stereocenters. The van der Waals surface area contributed by atoms with E-state index in [2.05, 4.69) is 23.2 Å². The van der Waals surface area contributed by atoms with Crippen molar-refractivity contribution in [3.05, 3.63) is 0 Å². The van der Waals surface area contributed by atoms with Crippen LogP contribution in [-0.2, 0) is 4.74 Å². The Kier molecular flexibility index (Phi) is 6.62. The van der Waals surface area contributed by atoms with Crippen LogP contribution in [0.25, 0.3) is 0 Å². The first-order chi connectivity index (χ1) is 8.65. The summed E-state index contributed by atoms with van der Waals surface area (Å²) < 4.78 is 5.50. The van der Waals surface area contributed by atoms with Gasteiger partial charge in [-0.05, 0) is 39.3 Å². The standard InChI is InChI=1S/C14H27N3O/c1-4-13-11-18-10-9-17(13)8-6-7-14(3,12-15)16-5-2/h13,16H,4-11H2,1-3H3. The molecule has 0 bridgehead atoms. The van der Waals surface area contributed by atoms with Crippen LogP contribution in [0.3, 0.4) is 0 Å². The van der Waals surface area contributed by atoms with Gasteiger partial charge in [-0.2, -0.15) is 5.26 Å². The van der Waals surface area contributed by atoms with Crippen LogP contribution in [0.2, 0.25) is 0 Å². The SMILES string of the molecule is CCNC(C)(C#N)CCCN1CCOCC1CC. The summed E-state index contributed by atoms with van der Waals surface area (Å²) in [5, 5.41) is 12.5. The summed E-state index contributed by atoms with van der Waals surface area (Å²) >= 11 is 0. The van der Waals surface area contributed by atoms with E-state index in [1.165, 1.54) is 0 Å². The summed E-state index contributed by atoms with van der Waals surface area (Å²) in [6, 6.07) is 2.95. The molecular formula is C14H27N3O. The first-order valence-corrected chi connectivity index (χ1v) is 7.13. The van der Waals surface area contributed by atoms with Gasteiger partial charge in [0.05, 0.1) is 19.3 Å². The molecule has 18 heavy (non-hydrogen) atoms. The van der Waals surface area contributed by atoms with Crippen LogP contribution in [0.4, 0.5) is 0 Å². The molecule has 4 heteroatoms. The van der Waals surface area contributed by atoms with Crippen LogP contribution in [-0.4, -0.2) is 49.3 Å². The third-order valence-corrected chi connectivity index (χ3v) is 3.76. The van der Waals surface area contributed by atoms with Crippen LogP contribution in [0.15, 0.2) is 0 Å². The third kappa shape index (κ3) is 4.56. The van der Waals surface area contributed by atoms with Crippen molar-refractivity contribution in [2.45, 2.75) is 51.6 Å². The van der Waals surface area contributed by atoms with Gasteiger partial charge >= 0.3 is 0 Å². The molecule has 2 atom stereocenters. The molecule has 4 nitrogen and oxygen atoms in total. The molecule has 0 saturated carbocycles. The maximum absolute atomic E-state index is 9.21. The predicted octanol–water partition coefficient (Wildman–Crippen LogP) is 1.77. The fourth-order valence-corrected chi connectivity index (χ4v) is 2.57. The molecule has 0 aromatic carbocycles. The Morgan fingerprint density at radius 3 is 2.89 bits per heavy atom. The Morgan fingerprint density at radius 1 is 1.50 bits per heavy atom. The van der Waals surface area contributed by atoms with Gasteiger partial charge in [0.15, 0.2) is 0 Å². The summed E-state index contributed by atoms with van der Waals surface area (Å²) in [6.07, 6.45) is 3.11. The fourth-order valence-electron chi connectivity index (χ4n) is 2.57. The Balaban J connectivity index is 2.33. The van der Waals surface area contributed by atoms with E-state index in [-0.39, 0.29) is 5.54 Å². The van der Waals surface area contributed by atoms with E-state index in [0.717, 1.165) is 52.1 Å². The zero-order chi connectivity index (χ0) is 13.4. The second kappa shape index (κ2) is 7.73. The average Bonchev–Trinajstić information content (AvgIpc) is 2.39. The summed E-state index contributed by atoms with van der Waals surface area (Å²) in [5.41, 5.74) is -0.372. The Morgan fingerprint density at radius 2 is 2.28 bits per heavy atom. The number of nitrogens with zero attached hydrogens (tertiary/aromatic N) is 2. The van der Waals surface area contributed by atoms with Crippen molar-refractivity contribution in [1.29, 1.82) is 5.26 Å². The van der Waals surface area contributed by atoms with Crippen LogP contribution < -0.4 is 5.32 Å². The minimum absolute atomic E-state index is 0.372. The molecule has 1 heterocycles. The minimum Gasteiger partial charge on any atom is -0.378 e. The lowest BCUT2D eigenvalue weighted by molar-refractivity contribution is -0.00958. The molecule has 0 radical (unpaired) electrons. The van der Waals surface area contributed by atoms with Gasteiger partial charge in [-0.1, -0.05) is 13.8 Å². The summed E-state index contributed by atoms with van der Waals surface area (Å²) in [7, 11) is 0. The normalized spacial score (nSPS) is 24.4. The molecule has 0 spiro atoms. The zero-order valence-electron chi connectivity index (χ0n) is 12.0. The highest BCUT2D eigenvalue weighted by Gasteiger charge is 2.24. The number of hydrogen-bond acceptors (Lipinski definition) is 4. The van der Waals surface area contributed by atoms with E-state index < -0.39 is 0 Å². The Labute approximate surface area is 111 Å². The molecule has 1 rings (SSSR count). The van der Waals surface area contributed by atoms with Crippen molar-refractivity contribution in [3.63, 3.8) is 0 Å². The second-order valence-corrected chi connectivity index (χ2v) is 5.25. The first-order valence-electron chi connectivity index (χ1n) is 7.13. The van der Waals surface area contributed by atoms with Crippen molar-refractivity contribution < 1.29 is 4.74 Å². The van der Waals surface area contributed by atoms with E-state index >= 15 is 0 Å². The lowest BCUT2D eigenvalue weighted by atomic mass is 9.97. The Bertz CT molecular complexity index is 277. The van der Waals surface area contributed by atoms with Crippen molar-refractivity contribution >= 4 is 0 Å². The highest BCUT2D eigenvalue weighted by Crippen LogP contribution is 2.15. The van der Waals surface area contributed by atoms with Crippen LogP contribution >= 0.6 is 0 Å². The van der Waals surface area contributed by atoms with Crippen LogP contribution in [0.1, 0.15) is 40.0 Å².